The molecule has 0 unspecified atom stereocenters. The molecule has 2 aromatic carbocycles. The average Bonchev–Trinajstić information content (AvgIpc) is 3.27. The van der Waals surface area contributed by atoms with Crippen LogP contribution in [-0.2, 0) is 15.9 Å². The van der Waals surface area contributed by atoms with Gasteiger partial charge in [0.1, 0.15) is 11.1 Å². The van der Waals surface area contributed by atoms with Gasteiger partial charge >= 0.3 is 11.6 Å². The molecule has 3 heterocycles. The molecule has 0 amide bonds. The summed E-state index contributed by atoms with van der Waals surface area (Å²) in [5.41, 5.74) is -2.05. The number of aliphatic hydroxyl groups excluding tert-OH is 1. The highest BCUT2D eigenvalue weighted by Gasteiger charge is 2.52. The van der Waals surface area contributed by atoms with E-state index in [9.17, 15) is 39.6 Å². The van der Waals surface area contributed by atoms with Gasteiger partial charge in [0.25, 0.3) is 5.79 Å². The molecule has 0 radical (unpaired) electrons. The Morgan fingerprint density at radius 3 is 2.41 bits per heavy atom. The molecule has 13 nitrogen and oxygen atoms in total. The van der Waals surface area contributed by atoms with Crippen molar-refractivity contribution in [2.24, 2.45) is 0 Å². The zero-order valence-corrected chi connectivity index (χ0v) is 20.2. The Balaban J connectivity index is 1.47. The number of Topliss-reactive ketones (excluding diaryl/α,β-unsaturated/α-hetero) is 1. The summed E-state index contributed by atoms with van der Waals surface area (Å²) in [6.45, 7) is 0. The molecule has 13 heteroatoms. The molecular weight excluding hydrogens is 520 g/mol. The molecule has 6 rings (SSSR count). The van der Waals surface area contributed by atoms with Crippen molar-refractivity contribution in [2.45, 2.75) is 24.7 Å². The van der Waals surface area contributed by atoms with Crippen LogP contribution in [0.1, 0.15) is 54.9 Å². The largest absolute Gasteiger partial charge is 0.507 e. The Morgan fingerprint density at radius 2 is 1.72 bits per heavy atom. The topological polar surface area (TPSA) is 199 Å². The van der Waals surface area contributed by atoms with Crippen LogP contribution < -0.4 is 15.1 Å². The van der Waals surface area contributed by atoms with Gasteiger partial charge in [0, 0.05) is 17.2 Å². The standard InChI is InChI=1S/C26H18O13/c1-35-13-5-11(27)16-17(19(13)30)21(32)23-10(18(16)29)6-26(39-23)7-12(28)9-3-8-4-14(24(33)36-2)37-25(34)15(8)20(31)22(9)38-26/h3-5,12,28-29,31-32H,6-7H2,1-2H3/t12-,26+/m0/s1. The summed E-state index contributed by atoms with van der Waals surface area (Å²) in [5.74, 6) is -7.93. The van der Waals surface area contributed by atoms with Crippen molar-refractivity contribution >= 4 is 28.3 Å². The Morgan fingerprint density at radius 1 is 1.00 bits per heavy atom. The zero-order valence-electron chi connectivity index (χ0n) is 20.2. The van der Waals surface area contributed by atoms with Crippen molar-refractivity contribution in [3.05, 3.63) is 62.4 Å². The Bertz CT molecular complexity index is 1760. The fourth-order valence-electron chi connectivity index (χ4n) is 5.21. The Labute approximate surface area is 217 Å². The van der Waals surface area contributed by atoms with Crippen molar-refractivity contribution in [1.29, 1.82) is 0 Å². The summed E-state index contributed by atoms with van der Waals surface area (Å²) >= 11 is 0. The number of hydrogen-bond acceptors (Lipinski definition) is 13. The molecule has 1 spiro atoms. The molecule has 200 valence electrons. The van der Waals surface area contributed by atoms with E-state index in [1.165, 1.54) is 19.2 Å². The number of aliphatic hydroxyl groups is 1. The first-order valence-corrected chi connectivity index (χ1v) is 11.4. The van der Waals surface area contributed by atoms with Gasteiger partial charge in [-0.05, 0) is 17.5 Å². The van der Waals surface area contributed by atoms with E-state index in [4.69, 9.17) is 18.6 Å². The molecule has 2 aliphatic heterocycles. The molecule has 3 aromatic rings. The number of rotatable bonds is 2. The molecule has 0 saturated heterocycles. The van der Waals surface area contributed by atoms with Gasteiger partial charge in [-0.25, -0.2) is 9.59 Å². The molecule has 4 N–H and O–H groups in total. The van der Waals surface area contributed by atoms with Gasteiger partial charge < -0.3 is 43.8 Å². The summed E-state index contributed by atoms with van der Waals surface area (Å²) in [5, 5.41) is 43.6. The molecule has 3 aliphatic rings. The quantitative estimate of drug-likeness (QED) is 0.272. The van der Waals surface area contributed by atoms with Gasteiger partial charge in [-0.15, -0.1) is 0 Å². The van der Waals surface area contributed by atoms with Crippen molar-refractivity contribution in [1.82, 2.24) is 0 Å². The third-order valence-corrected chi connectivity index (χ3v) is 6.96. The summed E-state index contributed by atoms with van der Waals surface area (Å²) < 4.78 is 26.2. The maximum Gasteiger partial charge on any atom is 0.374 e. The number of ketones is 2. The normalized spacial score (nSPS) is 21.0. The maximum absolute atomic E-state index is 12.8. The van der Waals surface area contributed by atoms with Gasteiger partial charge in [-0.1, -0.05) is 0 Å². The second-order valence-corrected chi connectivity index (χ2v) is 9.17. The van der Waals surface area contributed by atoms with Crippen LogP contribution in [0.3, 0.4) is 0 Å². The second-order valence-electron chi connectivity index (χ2n) is 9.17. The highest BCUT2D eigenvalue weighted by Crippen LogP contribution is 2.56. The highest BCUT2D eigenvalue weighted by molar-refractivity contribution is 6.26. The van der Waals surface area contributed by atoms with E-state index in [1.54, 1.807) is 0 Å². The van der Waals surface area contributed by atoms with E-state index in [0.29, 0.717) is 0 Å². The first kappa shape index (κ1) is 24.3. The molecule has 2 atom stereocenters. The van der Waals surface area contributed by atoms with E-state index in [1.807, 2.05) is 0 Å². The lowest BCUT2D eigenvalue weighted by Gasteiger charge is -2.37. The van der Waals surface area contributed by atoms with E-state index in [-0.39, 0.29) is 52.0 Å². The van der Waals surface area contributed by atoms with Crippen LogP contribution in [0.2, 0.25) is 0 Å². The fourth-order valence-corrected chi connectivity index (χ4v) is 5.21. The maximum atomic E-state index is 12.8. The van der Waals surface area contributed by atoms with E-state index >= 15 is 0 Å². The fraction of sp³-hybridized carbons (Fsp3) is 0.231. The highest BCUT2D eigenvalue weighted by atomic mass is 16.7. The number of carbonyl (C=O) groups excluding carboxylic acids is 3. The van der Waals surface area contributed by atoms with Crippen LogP contribution in [-0.4, -0.2) is 58.0 Å². The Kier molecular flexibility index (Phi) is 4.97. The number of esters is 1. The van der Waals surface area contributed by atoms with Gasteiger partial charge in [-0.3, -0.25) is 9.59 Å². The molecule has 0 bridgehead atoms. The number of phenols is 3. The lowest BCUT2D eigenvalue weighted by atomic mass is 9.87. The van der Waals surface area contributed by atoms with Crippen LogP contribution in [0.4, 0.5) is 0 Å². The second kappa shape index (κ2) is 7.98. The number of carbonyl (C=O) groups is 3. The lowest BCUT2D eigenvalue weighted by Crippen LogP contribution is -2.45. The molecule has 1 aliphatic carbocycles. The summed E-state index contributed by atoms with van der Waals surface area (Å²) in [4.78, 5) is 49.9. The number of hydrogen-bond donors (Lipinski definition) is 4. The van der Waals surface area contributed by atoms with Crippen molar-refractivity contribution in [3.63, 3.8) is 0 Å². The van der Waals surface area contributed by atoms with Gasteiger partial charge in [0.05, 0.1) is 44.3 Å². The van der Waals surface area contributed by atoms with E-state index in [2.05, 4.69) is 4.74 Å². The van der Waals surface area contributed by atoms with Crippen LogP contribution >= 0.6 is 0 Å². The third-order valence-electron chi connectivity index (χ3n) is 6.96. The summed E-state index contributed by atoms with van der Waals surface area (Å²) in [6, 6.07) is 2.49. The third kappa shape index (κ3) is 3.23. The number of fused-ring (bicyclic) bond motifs is 4. The smallest absolute Gasteiger partial charge is 0.374 e. The molecule has 39 heavy (non-hydrogen) atoms. The minimum atomic E-state index is -1.82. The van der Waals surface area contributed by atoms with Gasteiger partial charge in [0.15, 0.2) is 34.5 Å². The van der Waals surface area contributed by atoms with Crippen LogP contribution in [0.15, 0.2) is 33.2 Å². The number of aromatic hydroxyl groups is 3. The van der Waals surface area contributed by atoms with Crippen molar-refractivity contribution in [3.8, 4) is 28.7 Å². The van der Waals surface area contributed by atoms with Gasteiger partial charge in [0.2, 0.25) is 11.5 Å². The number of phenolic OH excluding ortho intramolecular Hbond substituents is 3. The van der Waals surface area contributed by atoms with Crippen LogP contribution in [0.25, 0.3) is 10.8 Å². The monoisotopic (exact) mass is 538 g/mol. The minimum absolute atomic E-state index is 0.0543. The lowest BCUT2D eigenvalue weighted by molar-refractivity contribution is -0.139. The van der Waals surface area contributed by atoms with Crippen molar-refractivity contribution in [2.75, 3.05) is 14.2 Å². The molecule has 0 saturated carbocycles. The first-order chi connectivity index (χ1) is 18.5. The SMILES string of the molecule is COC(=O)c1cc2cc3c(c(O)c2c(=O)o1)O[C@@]1(Cc2c(O)c4c(c(O)c2O1)C(=O)C(OC)=CC4=O)C[C@@H]3O. The number of benzene rings is 2. The van der Waals surface area contributed by atoms with Crippen LogP contribution in [0.5, 0.6) is 28.7 Å². The summed E-state index contributed by atoms with van der Waals surface area (Å²) in [6.07, 6.45) is -1.09. The Hall–Kier alpha value is -5.04. The molecular formula is C26H18O13. The number of allylic oxidation sites excluding steroid dienone is 2. The van der Waals surface area contributed by atoms with E-state index < -0.39 is 69.2 Å². The summed E-state index contributed by atoms with van der Waals surface area (Å²) in [7, 11) is 2.26. The minimum Gasteiger partial charge on any atom is -0.507 e. The van der Waals surface area contributed by atoms with Crippen molar-refractivity contribution < 1.29 is 58.2 Å². The van der Waals surface area contributed by atoms with E-state index in [0.717, 1.165) is 13.2 Å². The first-order valence-electron chi connectivity index (χ1n) is 11.4. The number of ether oxygens (including phenoxy) is 4. The van der Waals surface area contributed by atoms with Crippen LogP contribution in [0, 0.1) is 0 Å². The predicted molar refractivity (Wildman–Crippen MR) is 126 cm³/mol. The zero-order chi connectivity index (χ0) is 28.0. The molecule has 0 fully saturated rings. The molecule has 1 aromatic heterocycles. The average molecular weight is 538 g/mol. The number of methoxy groups -OCH3 is 2. The van der Waals surface area contributed by atoms with Gasteiger partial charge in [-0.2, -0.15) is 0 Å². The predicted octanol–water partition coefficient (Wildman–Crippen LogP) is 1.75.